The molecule has 0 bridgehead atoms. The third-order valence-corrected chi connectivity index (χ3v) is 2.66. The molecule has 0 aliphatic heterocycles. The predicted molar refractivity (Wildman–Crippen MR) is 69.4 cm³/mol. The number of halogens is 2. The van der Waals surface area contributed by atoms with E-state index in [0.717, 1.165) is 25.5 Å². The van der Waals surface area contributed by atoms with Crippen molar-refractivity contribution in [3.8, 4) is 5.75 Å². The van der Waals surface area contributed by atoms with E-state index >= 15 is 0 Å². The summed E-state index contributed by atoms with van der Waals surface area (Å²) in [5.41, 5.74) is -0.557. The first-order valence-electron chi connectivity index (χ1n) is 5.35. The number of ketones is 1. The van der Waals surface area contributed by atoms with E-state index in [1.165, 1.54) is 14.2 Å². The Morgan fingerprint density at radius 3 is 2.40 bits per heavy atom. The monoisotopic (exact) mass is 302 g/mol. The largest absolute Gasteiger partial charge is 0.503 e. The van der Waals surface area contributed by atoms with Crippen molar-refractivity contribution >= 4 is 23.4 Å². The fourth-order valence-corrected chi connectivity index (χ4v) is 1.60. The lowest BCUT2D eigenvalue weighted by Crippen LogP contribution is -2.16. The molecule has 0 aliphatic carbocycles. The van der Waals surface area contributed by atoms with Crippen LogP contribution < -0.4 is 4.74 Å². The van der Waals surface area contributed by atoms with Gasteiger partial charge < -0.3 is 14.2 Å². The highest BCUT2D eigenvalue weighted by Crippen LogP contribution is 2.28. The molecule has 7 heteroatoms. The van der Waals surface area contributed by atoms with Gasteiger partial charge >= 0.3 is 5.97 Å². The van der Waals surface area contributed by atoms with Crippen molar-refractivity contribution in [2.45, 2.75) is 0 Å². The maximum Gasteiger partial charge on any atom is 0.345 e. The highest BCUT2D eigenvalue weighted by atomic mass is 35.5. The van der Waals surface area contributed by atoms with Crippen LogP contribution >= 0.6 is 11.6 Å². The van der Waals surface area contributed by atoms with Gasteiger partial charge in [-0.3, -0.25) is 4.79 Å². The number of carbonyl (C=O) groups excluding carboxylic acids is 2. The fourth-order valence-electron chi connectivity index (χ4n) is 1.44. The molecule has 0 atom stereocenters. The Kier molecular flexibility index (Phi) is 5.52. The molecule has 1 aromatic rings. The Morgan fingerprint density at radius 1 is 1.25 bits per heavy atom. The average Bonchev–Trinajstić information content (AvgIpc) is 2.45. The van der Waals surface area contributed by atoms with E-state index in [9.17, 15) is 14.0 Å². The fraction of sp³-hybridized carbons (Fsp3) is 0.231. The smallest absolute Gasteiger partial charge is 0.345 e. The van der Waals surface area contributed by atoms with E-state index in [-0.39, 0.29) is 16.3 Å². The molecule has 0 saturated heterocycles. The van der Waals surface area contributed by atoms with Gasteiger partial charge in [0, 0.05) is 6.07 Å². The van der Waals surface area contributed by atoms with Crippen molar-refractivity contribution in [2.24, 2.45) is 0 Å². The number of rotatable bonds is 5. The summed E-state index contributed by atoms with van der Waals surface area (Å²) < 4.78 is 27.6. The molecular weight excluding hydrogens is 291 g/mol. The molecule has 108 valence electrons. The number of hydrogen-bond donors (Lipinski definition) is 0. The summed E-state index contributed by atoms with van der Waals surface area (Å²) in [6.45, 7) is 0. The minimum absolute atomic E-state index is 0.0345. The summed E-state index contributed by atoms with van der Waals surface area (Å²) in [5, 5.41) is -0.200. The van der Waals surface area contributed by atoms with E-state index in [1.54, 1.807) is 0 Å². The predicted octanol–water partition coefficient (Wildman–Crippen LogP) is 2.37. The third-order valence-electron chi connectivity index (χ3n) is 2.37. The Morgan fingerprint density at radius 2 is 1.90 bits per heavy atom. The molecule has 0 aliphatic rings. The standard InChI is InChI=1S/C13H12ClFO5/c1-18-6-8(13(17)20-3)12(16)7-4-10(15)9(14)5-11(7)19-2/h4-6H,1-3H3/b8-6-. The van der Waals surface area contributed by atoms with E-state index in [4.69, 9.17) is 16.3 Å². The molecule has 0 amide bonds. The minimum Gasteiger partial charge on any atom is -0.503 e. The normalized spacial score (nSPS) is 10.9. The third kappa shape index (κ3) is 3.27. The van der Waals surface area contributed by atoms with Gasteiger partial charge in [0.25, 0.3) is 0 Å². The molecule has 1 aromatic carbocycles. The quantitative estimate of drug-likeness (QED) is 0.209. The van der Waals surface area contributed by atoms with Crippen LogP contribution in [0.3, 0.4) is 0 Å². The number of hydrogen-bond acceptors (Lipinski definition) is 5. The SMILES string of the molecule is CO/C=C(\C(=O)OC)C(=O)c1cc(F)c(Cl)cc1OC. The Hall–Kier alpha value is -2.08. The summed E-state index contributed by atoms with van der Waals surface area (Å²) in [6, 6.07) is 2.03. The first-order chi connectivity index (χ1) is 9.46. The van der Waals surface area contributed by atoms with E-state index < -0.39 is 23.1 Å². The number of methoxy groups -OCH3 is 3. The zero-order valence-electron chi connectivity index (χ0n) is 11.0. The van der Waals surface area contributed by atoms with Crippen LogP contribution in [-0.4, -0.2) is 33.1 Å². The zero-order valence-corrected chi connectivity index (χ0v) is 11.8. The van der Waals surface area contributed by atoms with Crippen LogP contribution in [0.25, 0.3) is 0 Å². The maximum absolute atomic E-state index is 13.5. The first-order valence-corrected chi connectivity index (χ1v) is 5.73. The lowest BCUT2D eigenvalue weighted by atomic mass is 10.0. The average molecular weight is 303 g/mol. The summed E-state index contributed by atoms with van der Waals surface area (Å²) >= 11 is 5.60. The molecule has 0 heterocycles. The van der Waals surface area contributed by atoms with Gasteiger partial charge in [-0.2, -0.15) is 0 Å². The summed E-state index contributed by atoms with van der Waals surface area (Å²) in [4.78, 5) is 23.8. The number of ether oxygens (including phenoxy) is 3. The van der Waals surface area contributed by atoms with Crippen molar-refractivity contribution in [3.63, 3.8) is 0 Å². The molecule has 1 rings (SSSR count). The molecule has 0 spiro atoms. The van der Waals surface area contributed by atoms with E-state index in [1.807, 2.05) is 0 Å². The van der Waals surface area contributed by atoms with Gasteiger partial charge in [-0.25, -0.2) is 9.18 Å². The van der Waals surface area contributed by atoms with Crippen LogP contribution in [0.5, 0.6) is 5.75 Å². The van der Waals surface area contributed by atoms with Gasteiger partial charge in [-0.1, -0.05) is 11.6 Å². The molecule has 0 fully saturated rings. The van der Waals surface area contributed by atoms with Crippen LogP contribution in [-0.2, 0) is 14.3 Å². The molecule has 0 saturated carbocycles. The summed E-state index contributed by atoms with van der Waals surface area (Å²) in [6.07, 6.45) is 0.917. The number of Topliss-reactive ketones (excluding diaryl/α,β-unsaturated/α-hetero) is 1. The van der Waals surface area contributed by atoms with E-state index in [2.05, 4.69) is 9.47 Å². The van der Waals surface area contributed by atoms with Gasteiger partial charge in [0.15, 0.2) is 0 Å². The second kappa shape index (κ2) is 6.91. The van der Waals surface area contributed by atoms with Crippen LogP contribution in [0.4, 0.5) is 4.39 Å². The molecule has 0 N–H and O–H groups in total. The van der Waals surface area contributed by atoms with Crippen LogP contribution in [0.1, 0.15) is 10.4 Å². The first kappa shape index (κ1) is 16.0. The van der Waals surface area contributed by atoms with Gasteiger partial charge in [0.2, 0.25) is 5.78 Å². The molecule has 20 heavy (non-hydrogen) atoms. The second-order valence-corrected chi connectivity index (χ2v) is 3.96. The lowest BCUT2D eigenvalue weighted by Gasteiger charge is -2.10. The Balaban J connectivity index is 3.35. The lowest BCUT2D eigenvalue weighted by molar-refractivity contribution is -0.135. The van der Waals surface area contributed by atoms with Crippen LogP contribution in [0.15, 0.2) is 24.0 Å². The van der Waals surface area contributed by atoms with Crippen molar-refractivity contribution in [1.29, 1.82) is 0 Å². The van der Waals surface area contributed by atoms with Gasteiger partial charge in [0.05, 0.1) is 31.9 Å². The topological polar surface area (TPSA) is 61.8 Å². The highest BCUT2D eigenvalue weighted by molar-refractivity contribution is 6.31. The van der Waals surface area contributed by atoms with Crippen molar-refractivity contribution in [1.82, 2.24) is 0 Å². The molecule has 0 unspecified atom stereocenters. The van der Waals surface area contributed by atoms with E-state index in [0.29, 0.717) is 0 Å². The summed E-state index contributed by atoms with van der Waals surface area (Å²) in [5.74, 6) is -2.48. The number of esters is 1. The number of carbonyl (C=O) groups is 2. The Labute approximate surface area is 119 Å². The zero-order chi connectivity index (χ0) is 15.3. The van der Waals surface area contributed by atoms with Gasteiger partial charge in [0.1, 0.15) is 23.4 Å². The second-order valence-electron chi connectivity index (χ2n) is 3.55. The van der Waals surface area contributed by atoms with Crippen molar-refractivity contribution < 1.29 is 28.2 Å². The summed E-state index contributed by atoms with van der Waals surface area (Å²) in [7, 11) is 3.66. The Bertz CT molecular complexity index is 568. The maximum atomic E-state index is 13.5. The molecule has 0 radical (unpaired) electrons. The van der Waals surface area contributed by atoms with Gasteiger partial charge in [-0.05, 0) is 6.07 Å². The molecular formula is C13H12ClFO5. The van der Waals surface area contributed by atoms with Crippen molar-refractivity contribution in [2.75, 3.05) is 21.3 Å². The number of benzene rings is 1. The van der Waals surface area contributed by atoms with Crippen LogP contribution in [0, 0.1) is 5.82 Å². The molecule has 5 nitrogen and oxygen atoms in total. The van der Waals surface area contributed by atoms with Crippen molar-refractivity contribution in [3.05, 3.63) is 40.4 Å². The van der Waals surface area contributed by atoms with Gasteiger partial charge in [-0.15, -0.1) is 0 Å². The van der Waals surface area contributed by atoms with Crippen LogP contribution in [0.2, 0.25) is 5.02 Å². The molecule has 0 aromatic heterocycles. The highest BCUT2D eigenvalue weighted by Gasteiger charge is 2.25. The minimum atomic E-state index is -0.908.